The molecule has 0 amide bonds. The van der Waals surface area contributed by atoms with Crippen molar-refractivity contribution in [3.05, 3.63) is 29.3 Å². The van der Waals surface area contributed by atoms with Gasteiger partial charge in [-0.15, -0.1) is 24.0 Å². The van der Waals surface area contributed by atoms with Gasteiger partial charge in [-0.3, -0.25) is 9.89 Å². The average molecular weight is 537 g/mol. The third-order valence-corrected chi connectivity index (χ3v) is 5.97. The molecule has 3 rings (SSSR count). The maximum Gasteiger partial charge on any atom is 0.191 e. The van der Waals surface area contributed by atoms with E-state index in [2.05, 4.69) is 20.5 Å². The molecule has 0 spiro atoms. The van der Waals surface area contributed by atoms with Crippen molar-refractivity contribution in [1.29, 1.82) is 0 Å². The van der Waals surface area contributed by atoms with Crippen LogP contribution in [0.25, 0.3) is 0 Å². The zero-order valence-corrected chi connectivity index (χ0v) is 20.5. The van der Waals surface area contributed by atoms with Crippen LogP contribution in [0.2, 0.25) is 5.02 Å². The SMILES string of the molecule is CN=C(NCC(C)Oc1ccc(Cl)cc1)NCC1(N2CCCC2)CCOCC1.I. The summed E-state index contributed by atoms with van der Waals surface area (Å²) in [5.41, 5.74) is 0.178. The maximum atomic E-state index is 5.93. The van der Waals surface area contributed by atoms with E-state index in [1.54, 1.807) is 0 Å². The number of rotatable bonds is 7. The topological polar surface area (TPSA) is 58.1 Å². The Hall–Kier alpha value is -0.770. The van der Waals surface area contributed by atoms with E-state index in [1.165, 1.54) is 25.9 Å². The lowest BCUT2D eigenvalue weighted by molar-refractivity contribution is -0.0164. The van der Waals surface area contributed by atoms with E-state index in [9.17, 15) is 0 Å². The molecule has 2 fully saturated rings. The van der Waals surface area contributed by atoms with Crippen LogP contribution in [-0.2, 0) is 4.74 Å². The van der Waals surface area contributed by atoms with Crippen LogP contribution in [0.1, 0.15) is 32.6 Å². The third kappa shape index (κ3) is 7.15. The molecular weight excluding hydrogens is 503 g/mol. The van der Waals surface area contributed by atoms with Crippen LogP contribution in [0.5, 0.6) is 5.75 Å². The largest absolute Gasteiger partial charge is 0.489 e. The minimum atomic E-state index is 0. The van der Waals surface area contributed by atoms with Gasteiger partial charge in [0.1, 0.15) is 11.9 Å². The Balaban J connectivity index is 0.00000300. The van der Waals surface area contributed by atoms with Gasteiger partial charge in [-0.25, -0.2) is 0 Å². The number of hydrogen-bond donors (Lipinski definition) is 2. The lowest BCUT2D eigenvalue weighted by atomic mass is 9.88. The Labute approximate surface area is 196 Å². The van der Waals surface area contributed by atoms with Crippen LogP contribution in [0.4, 0.5) is 0 Å². The third-order valence-electron chi connectivity index (χ3n) is 5.72. The first-order valence-electron chi connectivity index (χ1n) is 10.3. The molecule has 6 nitrogen and oxygen atoms in total. The van der Waals surface area contributed by atoms with E-state index in [4.69, 9.17) is 21.1 Å². The standard InChI is InChI=1S/C21H33ClN4O2.HI/c1-17(28-19-7-5-18(22)6-8-19)15-24-20(23-2)25-16-21(9-13-27-14-10-21)26-11-3-4-12-26;/h5-8,17H,3-4,9-16H2,1-2H3,(H2,23,24,25);1H. The van der Waals surface area contributed by atoms with Gasteiger partial charge in [0.15, 0.2) is 5.96 Å². The molecule has 0 aromatic heterocycles. The predicted octanol–water partition coefficient (Wildman–Crippen LogP) is 3.54. The summed E-state index contributed by atoms with van der Waals surface area (Å²) in [6.45, 7) is 7.68. The Kier molecular flexibility index (Phi) is 10.3. The minimum absolute atomic E-state index is 0. The van der Waals surface area contributed by atoms with Gasteiger partial charge in [-0.05, 0) is 70.0 Å². The van der Waals surface area contributed by atoms with Crippen molar-refractivity contribution in [3.8, 4) is 5.75 Å². The van der Waals surface area contributed by atoms with Crippen LogP contribution >= 0.6 is 35.6 Å². The van der Waals surface area contributed by atoms with E-state index < -0.39 is 0 Å². The van der Waals surface area contributed by atoms with Gasteiger partial charge in [-0.1, -0.05) is 11.6 Å². The summed E-state index contributed by atoms with van der Waals surface area (Å²) in [6, 6.07) is 7.44. The van der Waals surface area contributed by atoms with Gasteiger partial charge in [0.25, 0.3) is 0 Å². The highest BCUT2D eigenvalue weighted by Crippen LogP contribution is 2.30. The molecule has 1 unspecified atom stereocenters. The molecule has 0 radical (unpaired) electrons. The summed E-state index contributed by atoms with van der Waals surface area (Å²) in [4.78, 5) is 7.05. The first-order valence-corrected chi connectivity index (χ1v) is 10.7. The van der Waals surface area contributed by atoms with E-state index in [0.29, 0.717) is 11.6 Å². The van der Waals surface area contributed by atoms with E-state index in [-0.39, 0.29) is 35.6 Å². The second kappa shape index (κ2) is 12.2. The van der Waals surface area contributed by atoms with Crippen molar-refractivity contribution < 1.29 is 9.47 Å². The molecule has 0 saturated carbocycles. The Morgan fingerprint density at radius 3 is 2.48 bits per heavy atom. The van der Waals surface area contributed by atoms with Crippen LogP contribution in [0, 0.1) is 0 Å². The Morgan fingerprint density at radius 1 is 1.21 bits per heavy atom. The van der Waals surface area contributed by atoms with Crippen LogP contribution in [0.3, 0.4) is 0 Å². The highest BCUT2D eigenvalue weighted by Gasteiger charge is 2.39. The highest BCUT2D eigenvalue weighted by molar-refractivity contribution is 14.0. The van der Waals surface area contributed by atoms with Gasteiger partial charge < -0.3 is 20.1 Å². The molecule has 2 aliphatic heterocycles. The number of benzene rings is 1. The summed E-state index contributed by atoms with van der Waals surface area (Å²) < 4.78 is 11.6. The smallest absolute Gasteiger partial charge is 0.191 e. The molecule has 2 saturated heterocycles. The van der Waals surface area contributed by atoms with Crippen LogP contribution < -0.4 is 15.4 Å². The summed E-state index contributed by atoms with van der Waals surface area (Å²) in [5.74, 6) is 1.63. The first-order chi connectivity index (χ1) is 13.6. The van der Waals surface area contributed by atoms with Crippen molar-refractivity contribution in [1.82, 2.24) is 15.5 Å². The molecule has 2 heterocycles. The van der Waals surface area contributed by atoms with Gasteiger partial charge in [0.2, 0.25) is 0 Å². The molecule has 29 heavy (non-hydrogen) atoms. The number of likely N-dealkylation sites (tertiary alicyclic amines) is 1. The maximum absolute atomic E-state index is 5.93. The Morgan fingerprint density at radius 2 is 1.86 bits per heavy atom. The summed E-state index contributed by atoms with van der Waals surface area (Å²) in [6.07, 6.45) is 4.76. The van der Waals surface area contributed by atoms with Crippen molar-refractivity contribution in [3.63, 3.8) is 0 Å². The number of nitrogens with one attached hydrogen (secondary N) is 2. The number of aliphatic imine (C=N–C) groups is 1. The monoisotopic (exact) mass is 536 g/mol. The van der Waals surface area contributed by atoms with Crippen molar-refractivity contribution in [2.45, 2.75) is 44.2 Å². The van der Waals surface area contributed by atoms with Crippen LogP contribution in [-0.4, -0.2) is 68.9 Å². The summed E-state index contributed by atoms with van der Waals surface area (Å²) >= 11 is 5.92. The molecule has 0 bridgehead atoms. The van der Waals surface area contributed by atoms with Gasteiger partial charge >= 0.3 is 0 Å². The predicted molar refractivity (Wildman–Crippen MR) is 130 cm³/mol. The quantitative estimate of drug-likeness (QED) is 0.317. The fourth-order valence-electron chi connectivity index (χ4n) is 4.04. The summed E-state index contributed by atoms with van der Waals surface area (Å²) in [5, 5.41) is 7.65. The fraction of sp³-hybridized carbons (Fsp3) is 0.667. The minimum Gasteiger partial charge on any atom is -0.489 e. The zero-order valence-electron chi connectivity index (χ0n) is 17.5. The molecular formula is C21H34ClIN4O2. The average Bonchev–Trinajstić information content (AvgIpc) is 3.26. The molecule has 2 aliphatic rings. The van der Waals surface area contributed by atoms with Crippen molar-refractivity contribution >= 4 is 41.5 Å². The van der Waals surface area contributed by atoms with E-state index >= 15 is 0 Å². The summed E-state index contributed by atoms with van der Waals surface area (Å²) in [7, 11) is 1.81. The lowest BCUT2D eigenvalue weighted by Gasteiger charge is -2.45. The second-order valence-corrected chi connectivity index (χ2v) is 8.16. The molecule has 2 N–H and O–H groups in total. The van der Waals surface area contributed by atoms with Gasteiger partial charge in [0, 0.05) is 37.4 Å². The molecule has 1 aromatic rings. The molecule has 1 atom stereocenters. The number of hydrogen-bond acceptors (Lipinski definition) is 4. The first kappa shape index (κ1) is 24.5. The van der Waals surface area contributed by atoms with Gasteiger partial charge in [0.05, 0.1) is 6.54 Å². The normalized spacial score (nSPS) is 20.6. The molecule has 0 aliphatic carbocycles. The van der Waals surface area contributed by atoms with Crippen LogP contribution in [0.15, 0.2) is 29.3 Å². The highest BCUT2D eigenvalue weighted by atomic mass is 127. The fourth-order valence-corrected chi connectivity index (χ4v) is 4.17. The number of ether oxygens (including phenoxy) is 2. The second-order valence-electron chi connectivity index (χ2n) is 7.72. The van der Waals surface area contributed by atoms with Crippen molar-refractivity contribution in [2.75, 3.05) is 46.4 Å². The molecule has 1 aromatic carbocycles. The number of nitrogens with zero attached hydrogens (tertiary/aromatic N) is 2. The molecule has 164 valence electrons. The van der Waals surface area contributed by atoms with Crippen molar-refractivity contribution in [2.24, 2.45) is 4.99 Å². The zero-order chi connectivity index (χ0) is 19.8. The van der Waals surface area contributed by atoms with E-state index in [1.807, 2.05) is 38.2 Å². The molecule has 8 heteroatoms. The van der Waals surface area contributed by atoms with Gasteiger partial charge in [-0.2, -0.15) is 0 Å². The Bertz CT molecular complexity index is 632. The van der Waals surface area contributed by atoms with E-state index in [0.717, 1.165) is 44.3 Å². The number of halogens is 2. The lowest BCUT2D eigenvalue weighted by Crippen LogP contribution is -2.58. The number of guanidine groups is 1.